The Kier molecular flexibility index (Phi) is 6.22. The summed E-state index contributed by atoms with van der Waals surface area (Å²) >= 11 is 0. The summed E-state index contributed by atoms with van der Waals surface area (Å²) in [4.78, 5) is 10.6. The van der Waals surface area contributed by atoms with Crippen LogP contribution in [0.15, 0.2) is 182 Å². The molecule has 0 saturated heterocycles. The maximum absolute atomic E-state index is 5.38. The summed E-state index contributed by atoms with van der Waals surface area (Å²) in [6, 6.07) is 64.9. The van der Waals surface area contributed by atoms with E-state index in [-0.39, 0.29) is 0 Å². The summed E-state index contributed by atoms with van der Waals surface area (Å²) in [5, 5.41) is 7.25. The Balaban J connectivity index is 1.21. The lowest BCUT2D eigenvalue weighted by molar-refractivity contribution is 1.08. The zero-order valence-electron chi connectivity index (χ0n) is 28.1. The van der Waals surface area contributed by atoms with E-state index in [0.29, 0.717) is 0 Å². The Hall–Kier alpha value is -7.04. The highest BCUT2D eigenvalue weighted by molar-refractivity contribution is 6.15. The second kappa shape index (κ2) is 11.2. The monoisotopic (exact) mass is 662 g/mol. The Morgan fingerprint density at radius 3 is 1.73 bits per heavy atom. The largest absolute Gasteiger partial charge is 0.309 e. The van der Waals surface area contributed by atoms with Gasteiger partial charge in [0.1, 0.15) is 5.69 Å². The van der Waals surface area contributed by atoms with Crippen LogP contribution < -0.4 is 0 Å². The highest BCUT2D eigenvalue weighted by Crippen LogP contribution is 2.40. The first-order valence-electron chi connectivity index (χ1n) is 17.7. The van der Waals surface area contributed by atoms with Crippen LogP contribution in [0.2, 0.25) is 0 Å². The van der Waals surface area contributed by atoms with Crippen molar-refractivity contribution in [2.45, 2.75) is 0 Å². The molecule has 0 spiro atoms. The molecule has 0 aliphatic carbocycles. The Bertz CT molecular complexity index is 3170. The van der Waals surface area contributed by atoms with Gasteiger partial charge < -0.3 is 4.57 Å². The Morgan fingerprint density at radius 1 is 0.327 bits per heavy atom. The molecule has 0 aliphatic rings. The number of benzene rings is 8. The molecule has 8 aromatic carbocycles. The van der Waals surface area contributed by atoms with E-state index in [0.717, 1.165) is 50.4 Å². The smallest absolute Gasteiger partial charge is 0.165 e. The van der Waals surface area contributed by atoms with E-state index in [1.54, 1.807) is 0 Å². The molecule has 0 aliphatic heterocycles. The molecule has 11 rings (SSSR count). The van der Waals surface area contributed by atoms with E-state index in [9.17, 15) is 0 Å². The maximum Gasteiger partial charge on any atom is 0.165 e. The van der Waals surface area contributed by atoms with Crippen LogP contribution in [0.4, 0.5) is 0 Å². The summed E-state index contributed by atoms with van der Waals surface area (Å²) in [6.07, 6.45) is 0. The van der Waals surface area contributed by atoms with Crippen LogP contribution in [0.1, 0.15) is 0 Å². The summed E-state index contributed by atoms with van der Waals surface area (Å²) < 4.78 is 4.70. The molecule has 0 radical (unpaired) electrons. The van der Waals surface area contributed by atoms with Gasteiger partial charge in [-0.15, -0.1) is 0 Å². The van der Waals surface area contributed by atoms with Crippen molar-refractivity contribution in [1.82, 2.24) is 19.1 Å². The topological polar surface area (TPSA) is 35.6 Å². The lowest BCUT2D eigenvalue weighted by Gasteiger charge is -2.14. The molecular weight excluding hydrogens is 633 g/mol. The molecule has 0 N–H and O–H groups in total. The standard InChI is InChI=1S/C48H30N4/c1-3-13-31(14-4-1)47-48(50-42-21-11-10-20-41(42)49-47)52-45-30-35(23-25-38(45)40-27-32-15-7-8-16-33(32)29-46(40)52)34-24-26-44-39(28-34)37-19-9-12-22-43(37)51(44)36-17-5-2-6-18-36/h1-30H. The van der Waals surface area contributed by atoms with Gasteiger partial charge >= 0.3 is 0 Å². The van der Waals surface area contributed by atoms with Gasteiger partial charge in [-0.25, -0.2) is 9.97 Å². The molecule has 3 aromatic heterocycles. The second-order valence-corrected chi connectivity index (χ2v) is 13.5. The fourth-order valence-corrected chi connectivity index (χ4v) is 8.05. The predicted octanol–water partition coefficient (Wildman–Crippen LogP) is 12.3. The van der Waals surface area contributed by atoms with Gasteiger partial charge in [0.2, 0.25) is 0 Å². The van der Waals surface area contributed by atoms with Gasteiger partial charge in [-0.2, -0.15) is 0 Å². The van der Waals surface area contributed by atoms with E-state index in [1.807, 2.05) is 24.3 Å². The highest BCUT2D eigenvalue weighted by Gasteiger charge is 2.21. The number of hydrogen-bond donors (Lipinski definition) is 0. The molecule has 0 bridgehead atoms. The zero-order valence-corrected chi connectivity index (χ0v) is 28.1. The summed E-state index contributed by atoms with van der Waals surface area (Å²) in [6.45, 7) is 0. The van der Waals surface area contributed by atoms with Crippen molar-refractivity contribution in [1.29, 1.82) is 0 Å². The third-order valence-corrected chi connectivity index (χ3v) is 10.5. The van der Waals surface area contributed by atoms with Crippen molar-refractivity contribution < 1.29 is 0 Å². The third kappa shape index (κ3) is 4.34. The first kappa shape index (κ1) is 28.8. The molecule has 0 fully saturated rings. The lowest BCUT2D eigenvalue weighted by atomic mass is 10.0. The average Bonchev–Trinajstić information content (AvgIpc) is 3.71. The molecule has 0 unspecified atom stereocenters. The van der Waals surface area contributed by atoms with Crippen molar-refractivity contribution in [3.63, 3.8) is 0 Å². The molecular formula is C48H30N4. The SMILES string of the molecule is c1ccc(-c2nc3ccccc3nc2-n2c3cc(-c4ccc5c(c4)c4ccccc4n5-c4ccccc4)ccc3c3cc4ccccc4cc32)cc1. The number of rotatable bonds is 4. The third-order valence-electron chi connectivity index (χ3n) is 10.5. The number of hydrogen-bond acceptors (Lipinski definition) is 2. The van der Waals surface area contributed by atoms with Crippen LogP contribution in [-0.2, 0) is 0 Å². The molecule has 52 heavy (non-hydrogen) atoms. The number of aromatic nitrogens is 4. The van der Waals surface area contributed by atoms with Gasteiger partial charge in [0, 0.05) is 32.8 Å². The second-order valence-electron chi connectivity index (χ2n) is 13.5. The minimum Gasteiger partial charge on any atom is -0.309 e. The molecule has 11 aromatic rings. The molecule has 4 nitrogen and oxygen atoms in total. The van der Waals surface area contributed by atoms with Crippen molar-refractivity contribution in [2.75, 3.05) is 0 Å². The van der Waals surface area contributed by atoms with E-state index in [4.69, 9.17) is 9.97 Å². The average molecular weight is 663 g/mol. The molecule has 0 amide bonds. The minimum atomic E-state index is 0.818. The fourth-order valence-electron chi connectivity index (χ4n) is 8.05. The van der Waals surface area contributed by atoms with Crippen molar-refractivity contribution in [3.05, 3.63) is 182 Å². The maximum atomic E-state index is 5.38. The molecule has 242 valence electrons. The summed E-state index contributed by atoms with van der Waals surface area (Å²) in [7, 11) is 0. The summed E-state index contributed by atoms with van der Waals surface area (Å²) in [5.74, 6) is 0.818. The Morgan fingerprint density at radius 2 is 0.904 bits per heavy atom. The van der Waals surface area contributed by atoms with Crippen molar-refractivity contribution in [2.24, 2.45) is 0 Å². The zero-order chi connectivity index (χ0) is 34.2. The quantitative estimate of drug-likeness (QED) is 0.188. The van der Waals surface area contributed by atoms with Crippen LogP contribution >= 0.6 is 0 Å². The van der Waals surface area contributed by atoms with Gasteiger partial charge in [-0.05, 0) is 82.6 Å². The molecule has 4 heteroatoms. The van der Waals surface area contributed by atoms with Gasteiger partial charge in [0.25, 0.3) is 0 Å². The van der Waals surface area contributed by atoms with Gasteiger partial charge in [0.05, 0.1) is 33.1 Å². The van der Waals surface area contributed by atoms with Crippen LogP contribution in [0, 0.1) is 0 Å². The number of fused-ring (bicyclic) bond motifs is 8. The van der Waals surface area contributed by atoms with E-state index < -0.39 is 0 Å². The Labute approximate surface area is 299 Å². The fraction of sp³-hybridized carbons (Fsp3) is 0. The van der Waals surface area contributed by atoms with Crippen molar-refractivity contribution in [3.8, 4) is 33.9 Å². The van der Waals surface area contributed by atoms with Crippen LogP contribution in [0.3, 0.4) is 0 Å². The molecule has 3 heterocycles. The highest BCUT2D eigenvalue weighted by atomic mass is 15.1. The van der Waals surface area contributed by atoms with Crippen LogP contribution in [0.25, 0.3) is 99.3 Å². The molecule has 0 saturated carbocycles. The number of nitrogens with zero attached hydrogens (tertiary/aromatic N) is 4. The first-order valence-corrected chi connectivity index (χ1v) is 17.7. The van der Waals surface area contributed by atoms with E-state index in [1.165, 1.54) is 48.9 Å². The number of para-hydroxylation sites is 4. The van der Waals surface area contributed by atoms with E-state index >= 15 is 0 Å². The summed E-state index contributed by atoms with van der Waals surface area (Å²) in [5.41, 5.74) is 11.7. The van der Waals surface area contributed by atoms with Crippen LogP contribution in [-0.4, -0.2) is 19.1 Å². The lowest BCUT2D eigenvalue weighted by Crippen LogP contribution is -2.03. The van der Waals surface area contributed by atoms with E-state index in [2.05, 4.69) is 167 Å². The first-order chi connectivity index (χ1) is 25.8. The van der Waals surface area contributed by atoms with Crippen LogP contribution in [0.5, 0.6) is 0 Å². The van der Waals surface area contributed by atoms with Crippen molar-refractivity contribution >= 4 is 65.4 Å². The minimum absolute atomic E-state index is 0.818. The van der Waals surface area contributed by atoms with Gasteiger partial charge in [-0.1, -0.05) is 121 Å². The predicted molar refractivity (Wildman–Crippen MR) is 217 cm³/mol. The normalized spacial score (nSPS) is 11.8. The molecule has 0 atom stereocenters. The van der Waals surface area contributed by atoms with Gasteiger partial charge in [-0.3, -0.25) is 4.57 Å². The van der Waals surface area contributed by atoms with Gasteiger partial charge in [0.15, 0.2) is 5.82 Å².